The number of amides is 1. The molecular formula is C17H27N5O2S. The predicted octanol–water partition coefficient (Wildman–Crippen LogP) is 2.31. The summed E-state index contributed by atoms with van der Waals surface area (Å²) in [6.45, 7) is 8.03. The van der Waals surface area contributed by atoms with Crippen molar-refractivity contribution in [2.45, 2.75) is 46.2 Å². The first-order valence-corrected chi connectivity index (χ1v) is 9.80. The molecule has 0 aliphatic rings. The first-order chi connectivity index (χ1) is 11.9. The summed E-state index contributed by atoms with van der Waals surface area (Å²) in [5.74, 6) is 0.623. The molecule has 0 aliphatic heterocycles. The fraction of sp³-hybridized carbons (Fsp3) is 0.588. The summed E-state index contributed by atoms with van der Waals surface area (Å²) in [5, 5.41) is 23.9. The number of aromatic amines is 1. The highest BCUT2D eigenvalue weighted by atomic mass is 32.2. The Morgan fingerprint density at radius 3 is 2.72 bits per heavy atom. The van der Waals surface area contributed by atoms with Crippen LogP contribution in [0.5, 0.6) is 0 Å². The normalized spacial score (nSPS) is 12.6. The summed E-state index contributed by atoms with van der Waals surface area (Å²) in [7, 11) is 0. The number of nitrogens with one attached hydrogen (secondary N) is 2. The molecule has 3 N–H and O–H groups in total. The van der Waals surface area contributed by atoms with Gasteiger partial charge < -0.3 is 10.4 Å². The monoisotopic (exact) mass is 365 g/mol. The van der Waals surface area contributed by atoms with E-state index in [9.17, 15) is 9.90 Å². The van der Waals surface area contributed by atoms with Gasteiger partial charge in [-0.25, -0.2) is 0 Å². The number of hydrogen-bond donors (Lipinski definition) is 3. The number of aryl methyl sites for hydroxylation is 1. The highest BCUT2D eigenvalue weighted by Gasteiger charge is 2.20. The van der Waals surface area contributed by atoms with Crippen molar-refractivity contribution in [3.8, 4) is 11.3 Å². The van der Waals surface area contributed by atoms with Crippen LogP contribution in [0.3, 0.4) is 0 Å². The third-order valence-electron chi connectivity index (χ3n) is 4.12. The van der Waals surface area contributed by atoms with Crippen molar-refractivity contribution >= 4 is 17.7 Å². The van der Waals surface area contributed by atoms with Gasteiger partial charge in [-0.1, -0.05) is 0 Å². The number of carbonyl (C=O) groups excluding carboxylic acids is 1. The first kappa shape index (κ1) is 19.5. The van der Waals surface area contributed by atoms with Crippen LogP contribution in [0, 0.1) is 13.8 Å². The van der Waals surface area contributed by atoms with Gasteiger partial charge >= 0.3 is 0 Å². The second kappa shape index (κ2) is 8.53. The lowest BCUT2D eigenvalue weighted by atomic mass is 10.1. The minimum Gasteiger partial charge on any atom is -0.394 e. The van der Waals surface area contributed by atoms with Crippen molar-refractivity contribution in [2.24, 2.45) is 0 Å². The molecule has 2 heterocycles. The Labute approximate surface area is 152 Å². The molecule has 25 heavy (non-hydrogen) atoms. The maximum atomic E-state index is 12.4. The summed E-state index contributed by atoms with van der Waals surface area (Å²) in [6, 6.07) is 1.75. The van der Waals surface area contributed by atoms with Crippen molar-refractivity contribution < 1.29 is 9.90 Å². The Morgan fingerprint density at radius 2 is 2.16 bits per heavy atom. The van der Waals surface area contributed by atoms with E-state index < -0.39 is 0 Å². The lowest BCUT2D eigenvalue weighted by molar-refractivity contribution is 0.0910. The average Bonchev–Trinajstić information content (AvgIpc) is 3.15. The quantitative estimate of drug-likeness (QED) is 0.667. The van der Waals surface area contributed by atoms with E-state index in [0.717, 1.165) is 29.1 Å². The number of carbonyl (C=O) groups is 1. The van der Waals surface area contributed by atoms with Crippen molar-refractivity contribution in [1.82, 2.24) is 25.3 Å². The molecule has 138 valence electrons. The smallest absolute Gasteiger partial charge is 0.269 e. The van der Waals surface area contributed by atoms with E-state index in [4.69, 9.17) is 0 Å². The largest absolute Gasteiger partial charge is 0.394 e. The molecule has 2 rings (SSSR count). The van der Waals surface area contributed by atoms with Gasteiger partial charge in [0.25, 0.3) is 5.91 Å². The molecule has 7 nitrogen and oxygen atoms in total. The first-order valence-electron chi connectivity index (χ1n) is 8.41. The molecule has 0 unspecified atom stereocenters. The zero-order valence-corrected chi connectivity index (χ0v) is 16.3. The molecule has 0 saturated carbocycles. The van der Waals surface area contributed by atoms with E-state index in [0.29, 0.717) is 11.4 Å². The second-order valence-corrected chi connectivity index (χ2v) is 7.37. The molecule has 0 saturated heterocycles. The SMILES string of the molecule is CSCC[C@H](CO)NC(=O)c1cc(-c2c(C)nn(C(C)C)c2C)n[nH]1. The van der Waals surface area contributed by atoms with Gasteiger partial charge in [0.05, 0.1) is 24.0 Å². The molecule has 0 aliphatic carbocycles. The number of thioether (sulfide) groups is 1. The topological polar surface area (TPSA) is 95.8 Å². The van der Waals surface area contributed by atoms with Gasteiger partial charge in [0.2, 0.25) is 0 Å². The zero-order chi connectivity index (χ0) is 18.6. The van der Waals surface area contributed by atoms with Gasteiger partial charge in [-0.2, -0.15) is 22.0 Å². The van der Waals surface area contributed by atoms with Gasteiger partial charge in [-0.3, -0.25) is 14.6 Å². The Bertz CT molecular complexity index is 723. The van der Waals surface area contributed by atoms with Crippen molar-refractivity contribution in [2.75, 3.05) is 18.6 Å². The third kappa shape index (κ3) is 4.43. The minimum absolute atomic E-state index is 0.0767. The van der Waals surface area contributed by atoms with Crippen LogP contribution in [0.4, 0.5) is 0 Å². The van der Waals surface area contributed by atoms with Crippen LogP contribution in [0.1, 0.15) is 48.2 Å². The highest BCUT2D eigenvalue weighted by Crippen LogP contribution is 2.27. The zero-order valence-electron chi connectivity index (χ0n) is 15.5. The molecule has 8 heteroatoms. The van der Waals surface area contributed by atoms with E-state index in [-0.39, 0.29) is 24.6 Å². The molecular weight excluding hydrogens is 338 g/mol. The number of aliphatic hydroxyl groups is 1. The number of H-pyrrole nitrogens is 1. The molecule has 0 fully saturated rings. The van der Waals surface area contributed by atoms with Gasteiger partial charge in [0.15, 0.2) is 0 Å². The Morgan fingerprint density at radius 1 is 1.44 bits per heavy atom. The van der Waals surface area contributed by atoms with Gasteiger partial charge in [-0.15, -0.1) is 0 Å². The molecule has 0 radical (unpaired) electrons. The van der Waals surface area contributed by atoms with Gasteiger partial charge in [0, 0.05) is 17.3 Å². The molecule has 0 aromatic carbocycles. The predicted molar refractivity (Wildman–Crippen MR) is 101 cm³/mol. The molecule has 1 atom stereocenters. The fourth-order valence-electron chi connectivity index (χ4n) is 2.83. The Kier molecular flexibility index (Phi) is 6.66. The molecule has 1 amide bonds. The molecule has 0 spiro atoms. The minimum atomic E-state index is -0.259. The maximum Gasteiger partial charge on any atom is 0.269 e. The van der Waals surface area contributed by atoms with E-state index in [2.05, 4.69) is 34.5 Å². The van der Waals surface area contributed by atoms with Crippen LogP contribution in [-0.4, -0.2) is 55.6 Å². The van der Waals surface area contributed by atoms with Crippen LogP contribution in [-0.2, 0) is 0 Å². The van der Waals surface area contributed by atoms with Crippen LogP contribution in [0.2, 0.25) is 0 Å². The van der Waals surface area contributed by atoms with E-state index in [1.54, 1.807) is 17.8 Å². The van der Waals surface area contributed by atoms with Gasteiger partial charge in [0.1, 0.15) is 5.69 Å². The van der Waals surface area contributed by atoms with Crippen LogP contribution >= 0.6 is 11.8 Å². The summed E-state index contributed by atoms with van der Waals surface area (Å²) in [6.07, 6.45) is 2.73. The standard InChI is InChI=1S/C17H27N5O2S/c1-10(2)22-12(4)16(11(3)21-22)14-8-15(20-19-14)17(24)18-13(9-23)6-7-25-5/h8,10,13,23H,6-7,9H2,1-5H3,(H,18,24)(H,19,20)/t13-/m1/s1. The van der Waals surface area contributed by atoms with Crippen LogP contribution < -0.4 is 5.32 Å². The molecule has 2 aromatic heterocycles. The summed E-state index contributed by atoms with van der Waals surface area (Å²) in [5.41, 5.74) is 3.95. The van der Waals surface area contributed by atoms with Crippen molar-refractivity contribution in [1.29, 1.82) is 0 Å². The second-order valence-electron chi connectivity index (χ2n) is 6.39. The Balaban J connectivity index is 2.18. The summed E-state index contributed by atoms with van der Waals surface area (Å²) < 4.78 is 1.96. The third-order valence-corrected chi connectivity index (χ3v) is 4.76. The number of aliphatic hydroxyl groups excluding tert-OH is 1. The lowest BCUT2D eigenvalue weighted by Crippen LogP contribution is -2.38. The molecule has 2 aromatic rings. The average molecular weight is 366 g/mol. The summed E-state index contributed by atoms with van der Waals surface area (Å²) in [4.78, 5) is 12.4. The fourth-order valence-corrected chi connectivity index (χ4v) is 3.36. The lowest BCUT2D eigenvalue weighted by Gasteiger charge is -2.14. The van der Waals surface area contributed by atoms with Crippen LogP contribution in [0.25, 0.3) is 11.3 Å². The highest BCUT2D eigenvalue weighted by molar-refractivity contribution is 7.98. The molecule has 0 bridgehead atoms. The van der Waals surface area contributed by atoms with Crippen LogP contribution in [0.15, 0.2) is 6.07 Å². The number of hydrogen-bond acceptors (Lipinski definition) is 5. The number of aromatic nitrogens is 4. The number of nitrogens with zero attached hydrogens (tertiary/aromatic N) is 3. The Hall–Kier alpha value is -1.80. The van der Waals surface area contributed by atoms with E-state index in [1.807, 2.05) is 24.8 Å². The number of rotatable bonds is 8. The van der Waals surface area contributed by atoms with E-state index in [1.165, 1.54) is 0 Å². The van der Waals surface area contributed by atoms with Gasteiger partial charge in [-0.05, 0) is 52.2 Å². The summed E-state index contributed by atoms with van der Waals surface area (Å²) >= 11 is 1.69. The van der Waals surface area contributed by atoms with Crippen molar-refractivity contribution in [3.63, 3.8) is 0 Å². The maximum absolute atomic E-state index is 12.4. The van der Waals surface area contributed by atoms with E-state index >= 15 is 0 Å². The van der Waals surface area contributed by atoms with Crippen molar-refractivity contribution in [3.05, 3.63) is 23.1 Å².